The standard InChI is InChI=1S/C19H17ClN4O3S/c1-3-10-23-17-7-5-4-6-15(17)22-19(23)28-12(2)18(25)21-16-11-13(24(26)27)8-9-14(16)20/h3-9,11-12H,1,10H2,2H3,(H,21,25). The number of rotatable bonds is 7. The number of para-hydroxylation sites is 2. The number of nitro benzene ring substituents is 1. The first-order valence-corrected chi connectivity index (χ1v) is 9.64. The molecule has 0 radical (unpaired) electrons. The quantitative estimate of drug-likeness (QED) is 0.256. The summed E-state index contributed by atoms with van der Waals surface area (Å²) in [6, 6.07) is 11.6. The van der Waals surface area contributed by atoms with E-state index in [1.165, 1.54) is 30.0 Å². The van der Waals surface area contributed by atoms with Gasteiger partial charge in [-0.25, -0.2) is 4.98 Å². The summed E-state index contributed by atoms with van der Waals surface area (Å²) in [5.41, 5.74) is 1.85. The van der Waals surface area contributed by atoms with Crippen molar-refractivity contribution in [2.75, 3.05) is 5.32 Å². The molecule has 3 aromatic rings. The number of allylic oxidation sites excluding steroid dienone is 1. The van der Waals surface area contributed by atoms with Gasteiger partial charge in [-0.15, -0.1) is 6.58 Å². The number of carbonyl (C=O) groups is 1. The molecule has 0 spiro atoms. The molecule has 1 unspecified atom stereocenters. The predicted molar refractivity (Wildman–Crippen MR) is 112 cm³/mol. The predicted octanol–water partition coefficient (Wildman–Crippen LogP) is 4.90. The van der Waals surface area contributed by atoms with Gasteiger partial charge in [-0.1, -0.05) is 41.6 Å². The molecular weight excluding hydrogens is 400 g/mol. The Bertz CT molecular complexity index is 1070. The van der Waals surface area contributed by atoms with E-state index in [0.29, 0.717) is 11.7 Å². The average Bonchev–Trinajstić information content (AvgIpc) is 3.01. The van der Waals surface area contributed by atoms with Gasteiger partial charge in [0, 0.05) is 18.7 Å². The van der Waals surface area contributed by atoms with Crippen LogP contribution in [0.4, 0.5) is 11.4 Å². The third kappa shape index (κ3) is 4.18. The number of carbonyl (C=O) groups excluding carboxylic acids is 1. The number of fused-ring (bicyclic) bond motifs is 1. The van der Waals surface area contributed by atoms with Crippen molar-refractivity contribution >= 4 is 51.7 Å². The van der Waals surface area contributed by atoms with Crippen LogP contribution in [0.15, 0.2) is 60.3 Å². The summed E-state index contributed by atoms with van der Waals surface area (Å²) >= 11 is 7.35. The van der Waals surface area contributed by atoms with Gasteiger partial charge in [0.15, 0.2) is 5.16 Å². The number of hydrogen-bond acceptors (Lipinski definition) is 5. The van der Waals surface area contributed by atoms with Crippen LogP contribution in [0.2, 0.25) is 5.02 Å². The zero-order valence-electron chi connectivity index (χ0n) is 15.0. The van der Waals surface area contributed by atoms with E-state index >= 15 is 0 Å². The number of imidazole rings is 1. The topological polar surface area (TPSA) is 90.1 Å². The number of thioether (sulfide) groups is 1. The molecule has 1 aromatic heterocycles. The maximum atomic E-state index is 12.6. The minimum Gasteiger partial charge on any atom is -0.324 e. The van der Waals surface area contributed by atoms with E-state index in [1.54, 1.807) is 13.0 Å². The molecule has 2 aromatic carbocycles. The molecular formula is C19H17ClN4O3S. The van der Waals surface area contributed by atoms with Crippen molar-refractivity contribution in [2.45, 2.75) is 23.9 Å². The van der Waals surface area contributed by atoms with E-state index in [4.69, 9.17) is 11.6 Å². The van der Waals surface area contributed by atoms with Crippen LogP contribution in [0.5, 0.6) is 0 Å². The molecule has 1 atom stereocenters. The molecule has 9 heteroatoms. The van der Waals surface area contributed by atoms with Gasteiger partial charge in [0.2, 0.25) is 5.91 Å². The van der Waals surface area contributed by atoms with E-state index in [9.17, 15) is 14.9 Å². The molecule has 3 rings (SSSR count). The molecule has 0 aliphatic carbocycles. The van der Waals surface area contributed by atoms with Gasteiger partial charge in [-0.05, 0) is 25.1 Å². The lowest BCUT2D eigenvalue weighted by Gasteiger charge is -2.13. The van der Waals surface area contributed by atoms with E-state index in [2.05, 4.69) is 16.9 Å². The van der Waals surface area contributed by atoms with Crippen molar-refractivity contribution in [2.24, 2.45) is 0 Å². The van der Waals surface area contributed by atoms with Gasteiger partial charge in [0.05, 0.1) is 31.9 Å². The Hall–Kier alpha value is -2.84. The highest BCUT2D eigenvalue weighted by molar-refractivity contribution is 8.00. The monoisotopic (exact) mass is 416 g/mol. The van der Waals surface area contributed by atoms with Gasteiger partial charge < -0.3 is 9.88 Å². The van der Waals surface area contributed by atoms with Crippen LogP contribution in [0.1, 0.15) is 6.92 Å². The minimum atomic E-state index is -0.540. The Morgan fingerprint density at radius 3 is 2.89 bits per heavy atom. The molecule has 28 heavy (non-hydrogen) atoms. The lowest BCUT2D eigenvalue weighted by molar-refractivity contribution is -0.384. The van der Waals surface area contributed by atoms with Crippen molar-refractivity contribution in [1.82, 2.24) is 9.55 Å². The number of benzene rings is 2. The van der Waals surface area contributed by atoms with E-state index in [0.717, 1.165) is 11.0 Å². The Morgan fingerprint density at radius 2 is 2.18 bits per heavy atom. The largest absolute Gasteiger partial charge is 0.324 e. The second kappa shape index (κ2) is 8.45. The van der Waals surface area contributed by atoms with Crippen molar-refractivity contribution in [3.8, 4) is 0 Å². The fourth-order valence-electron chi connectivity index (χ4n) is 2.62. The number of anilines is 1. The van der Waals surface area contributed by atoms with Crippen LogP contribution < -0.4 is 5.32 Å². The van der Waals surface area contributed by atoms with Crippen LogP contribution in [-0.2, 0) is 11.3 Å². The molecule has 0 fully saturated rings. The summed E-state index contributed by atoms with van der Waals surface area (Å²) in [7, 11) is 0. The molecule has 0 aliphatic rings. The average molecular weight is 417 g/mol. The maximum absolute atomic E-state index is 12.6. The number of non-ortho nitro benzene ring substituents is 1. The molecule has 0 saturated carbocycles. The highest BCUT2D eigenvalue weighted by Gasteiger charge is 2.21. The van der Waals surface area contributed by atoms with Crippen LogP contribution in [-0.4, -0.2) is 25.6 Å². The Labute approximate surface area is 170 Å². The molecule has 0 aliphatic heterocycles. The highest BCUT2D eigenvalue weighted by atomic mass is 35.5. The maximum Gasteiger partial charge on any atom is 0.271 e. The number of hydrogen-bond donors (Lipinski definition) is 1. The molecule has 144 valence electrons. The first-order chi connectivity index (χ1) is 13.4. The van der Waals surface area contributed by atoms with Crippen molar-refractivity contribution in [1.29, 1.82) is 0 Å². The number of nitro groups is 1. The van der Waals surface area contributed by atoms with Crippen LogP contribution in [0.3, 0.4) is 0 Å². The molecule has 1 amide bonds. The molecule has 1 heterocycles. The van der Waals surface area contributed by atoms with Crippen molar-refractivity contribution < 1.29 is 9.72 Å². The number of amides is 1. The van der Waals surface area contributed by atoms with E-state index in [-0.39, 0.29) is 22.3 Å². The third-order valence-corrected chi connectivity index (χ3v) is 5.42. The first kappa shape index (κ1) is 19.9. The number of aromatic nitrogens is 2. The Balaban J connectivity index is 1.81. The minimum absolute atomic E-state index is 0.146. The second-order valence-corrected chi connectivity index (χ2v) is 7.67. The van der Waals surface area contributed by atoms with Crippen LogP contribution >= 0.6 is 23.4 Å². The second-order valence-electron chi connectivity index (χ2n) is 5.95. The van der Waals surface area contributed by atoms with Gasteiger partial charge in [-0.3, -0.25) is 14.9 Å². The van der Waals surface area contributed by atoms with E-state index < -0.39 is 10.2 Å². The normalized spacial score (nSPS) is 11.9. The highest BCUT2D eigenvalue weighted by Crippen LogP contribution is 2.30. The van der Waals surface area contributed by atoms with E-state index in [1.807, 2.05) is 28.8 Å². The number of halogens is 1. The summed E-state index contributed by atoms with van der Waals surface area (Å²) in [4.78, 5) is 27.6. The first-order valence-electron chi connectivity index (χ1n) is 8.38. The molecule has 7 nitrogen and oxygen atoms in total. The third-order valence-electron chi connectivity index (χ3n) is 4.00. The van der Waals surface area contributed by atoms with Gasteiger partial charge in [0.25, 0.3) is 5.69 Å². The van der Waals surface area contributed by atoms with Gasteiger partial charge >= 0.3 is 0 Å². The summed E-state index contributed by atoms with van der Waals surface area (Å²) in [5.74, 6) is -0.329. The Kier molecular flexibility index (Phi) is 6.01. The summed E-state index contributed by atoms with van der Waals surface area (Å²) < 4.78 is 1.98. The summed E-state index contributed by atoms with van der Waals surface area (Å²) in [6.45, 7) is 6.08. The zero-order valence-corrected chi connectivity index (χ0v) is 16.5. The smallest absolute Gasteiger partial charge is 0.271 e. The summed E-state index contributed by atoms with van der Waals surface area (Å²) in [5, 5.41) is 14.0. The molecule has 1 N–H and O–H groups in total. The lowest BCUT2D eigenvalue weighted by atomic mass is 10.2. The van der Waals surface area contributed by atoms with Gasteiger partial charge in [0.1, 0.15) is 0 Å². The number of nitrogens with one attached hydrogen (secondary N) is 1. The SMILES string of the molecule is C=CCn1c(SC(C)C(=O)Nc2cc([N+](=O)[O-])ccc2Cl)nc2ccccc21. The fraction of sp³-hybridized carbons (Fsp3) is 0.158. The Morgan fingerprint density at radius 1 is 1.43 bits per heavy atom. The van der Waals surface area contributed by atoms with Crippen LogP contribution in [0.25, 0.3) is 11.0 Å². The van der Waals surface area contributed by atoms with Gasteiger partial charge in [-0.2, -0.15) is 0 Å². The van der Waals surface area contributed by atoms with Crippen molar-refractivity contribution in [3.63, 3.8) is 0 Å². The summed E-state index contributed by atoms with van der Waals surface area (Å²) in [6.07, 6.45) is 1.77. The molecule has 0 saturated heterocycles. The fourth-order valence-corrected chi connectivity index (χ4v) is 3.72. The zero-order chi connectivity index (χ0) is 20.3. The lowest BCUT2D eigenvalue weighted by Crippen LogP contribution is -2.23. The van der Waals surface area contributed by atoms with Crippen molar-refractivity contribution in [3.05, 3.63) is 70.3 Å². The van der Waals surface area contributed by atoms with Crippen LogP contribution in [0, 0.1) is 10.1 Å². The number of nitrogens with zero attached hydrogens (tertiary/aromatic N) is 3. The molecule has 0 bridgehead atoms.